The van der Waals surface area contributed by atoms with Gasteiger partial charge in [0.25, 0.3) is 0 Å². The average Bonchev–Trinajstić information content (AvgIpc) is 2.57. The summed E-state index contributed by atoms with van der Waals surface area (Å²) < 4.78 is 23.9. The van der Waals surface area contributed by atoms with E-state index in [1.807, 2.05) is 62.4 Å². The first-order valence-electron chi connectivity index (χ1n) is 8.31. The maximum absolute atomic E-state index is 12.9. The highest BCUT2D eigenvalue weighted by Crippen LogP contribution is 2.50. The highest BCUT2D eigenvalue weighted by Gasteiger charge is 2.25. The molecule has 0 heterocycles. The molecule has 2 aromatic rings. The fraction of sp³-hybridized carbons (Fsp3) is 0.300. The van der Waals surface area contributed by atoms with E-state index >= 15 is 0 Å². The summed E-state index contributed by atoms with van der Waals surface area (Å²) >= 11 is 0. The van der Waals surface area contributed by atoms with E-state index < -0.39 is 7.60 Å². The molecule has 0 spiro atoms. The van der Waals surface area contributed by atoms with Gasteiger partial charge in [-0.05, 0) is 31.4 Å². The van der Waals surface area contributed by atoms with Gasteiger partial charge in [0.1, 0.15) is 0 Å². The maximum atomic E-state index is 12.9. The van der Waals surface area contributed by atoms with Gasteiger partial charge in [0.15, 0.2) is 0 Å². The smallest absolute Gasteiger partial charge is 0.309 e. The van der Waals surface area contributed by atoms with Gasteiger partial charge in [0.2, 0.25) is 0 Å². The molecule has 0 aliphatic carbocycles. The molecule has 0 saturated carbocycles. The Morgan fingerprint density at radius 3 is 2.00 bits per heavy atom. The number of hydrogen-bond donors (Lipinski definition) is 0. The molecular weight excluding hydrogens is 319 g/mol. The summed E-state index contributed by atoms with van der Waals surface area (Å²) in [6, 6.07) is 20.2. The SMILES string of the molecule is CCOP(=O)(CC(=Cc1ccccc1)Cc1ccccc1)OCC. The Hall–Kier alpha value is -1.67. The van der Waals surface area contributed by atoms with Crippen molar-refractivity contribution >= 4 is 13.7 Å². The molecule has 0 unspecified atom stereocenters. The number of hydrogen-bond acceptors (Lipinski definition) is 3. The van der Waals surface area contributed by atoms with Gasteiger partial charge in [-0.2, -0.15) is 0 Å². The second-order valence-corrected chi connectivity index (χ2v) is 7.53. The molecule has 0 atom stereocenters. The van der Waals surface area contributed by atoms with Crippen LogP contribution in [0.4, 0.5) is 0 Å². The molecule has 0 aliphatic rings. The molecule has 24 heavy (non-hydrogen) atoms. The van der Waals surface area contributed by atoms with Crippen LogP contribution in [0.1, 0.15) is 25.0 Å². The predicted octanol–water partition coefficient (Wildman–Crippen LogP) is 5.58. The van der Waals surface area contributed by atoms with Crippen molar-refractivity contribution in [2.45, 2.75) is 20.3 Å². The Morgan fingerprint density at radius 1 is 0.917 bits per heavy atom. The quantitative estimate of drug-likeness (QED) is 0.557. The first-order valence-corrected chi connectivity index (χ1v) is 10.0. The molecule has 0 saturated heterocycles. The molecule has 0 aromatic heterocycles. The maximum Gasteiger partial charge on any atom is 0.334 e. The van der Waals surface area contributed by atoms with Crippen LogP contribution < -0.4 is 0 Å². The zero-order valence-corrected chi connectivity index (χ0v) is 15.2. The van der Waals surface area contributed by atoms with Gasteiger partial charge in [-0.1, -0.05) is 72.3 Å². The van der Waals surface area contributed by atoms with Crippen LogP contribution in [0.5, 0.6) is 0 Å². The minimum atomic E-state index is -3.12. The summed E-state index contributed by atoms with van der Waals surface area (Å²) in [5, 5.41) is 0. The molecule has 4 heteroatoms. The van der Waals surface area contributed by atoms with Crippen LogP contribution in [0, 0.1) is 0 Å². The van der Waals surface area contributed by atoms with Crippen molar-refractivity contribution < 1.29 is 13.6 Å². The summed E-state index contributed by atoms with van der Waals surface area (Å²) in [5.41, 5.74) is 3.31. The van der Waals surface area contributed by atoms with Gasteiger partial charge in [0.05, 0.1) is 19.4 Å². The molecule has 0 bridgehead atoms. The average molecular weight is 344 g/mol. The van der Waals surface area contributed by atoms with Crippen LogP contribution in [-0.4, -0.2) is 19.4 Å². The van der Waals surface area contributed by atoms with Gasteiger partial charge in [0, 0.05) is 0 Å². The van der Waals surface area contributed by atoms with E-state index in [1.165, 1.54) is 5.56 Å². The predicted molar refractivity (Wildman–Crippen MR) is 100 cm³/mol. The highest BCUT2D eigenvalue weighted by molar-refractivity contribution is 7.54. The second-order valence-electron chi connectivity index (χ2n) is 5.48. The van der Waals surface area contributed by atoms with E-state index in [1.54, 1.807) is 0 Å². The summed E-state index contributed by atoms with van der Waals surface area (Å²) in [6.07, 6.45) is 3.11. The topological polar surface area (TPSA) is 35.5 Å². The van der Waals surface area contributed by atoms with Gasteiger partial charge in [-0.25, -0.2) is 0 Å². The van der Waals surface area contributed by atoms with E-state index in [2.05, 4.69) is 18.2 Å². The van der Waals surface area contributed by atoms with Crippen molar-refractivity contribution in [3.05, 3.63) is 77.4 Å². The Bertz CT molecular complexity index is 671. The molecule has 0 fully saturated rings. The second kappa shape index (κ2) is 9.58. The molecule has 0 radical (unpaired) electrons. The van der Waals surface area contributed by atoms with Gasteiger partial charge in [-0.15, -0.1) is 0 Å². The van der Waals surface area contributed by atoms with Crippen molar-refractivity contribution in [2.24, 2.45) is 0 Å². The summed E-state index contributed by atoms with van der Waals surface area (Å²) in [6.45, 7) is 4.43. The van der Waals surface area contributed by atoms with E-state index in [9.17, 15) is 4.57 Å². The zero-order chi connectivity index (χ0) is 17.3. The van der Waals surface area contributed by atoms with Crippen LogP contribution in [0.15, 0.2) is 66.2 Å². The monoisotopic (exact) mass is 344 g/mol. The van der Waals surface area contributed by atoms with Crippen LogP contribution in [-0.2, 0) is 20.0 Å². The van der Waals surface area contributed by atoms with Crippen LogP contribution in [0.25, 0.3) is 6.08 Å². The van der Waals surface area contributed by atoms with Crippen LogP contribution in [0.3, 0.4) is 0 Å². The lowest BCUT2D eigenvalue weighted by Crippen LogP contribution is -2.04. The Kier molecular flexibility index (Phi) is 7.45. The lowest BCUT2D eigenvalue weighted by Gasteiger charge is -2.19. The first kappa shape index (κ1) is 18.7. The summed E-state index contributed by atoms with van der Waals surface area (Å²) in [4.78, 5) is 0. The minimum Gasteiger partial charge on any atom is -0.309 e. The van der Waals surface area contributed by atoms with Crippen molar-refractivity contribution in [2.75, 3.05) is 19.4 Å². The van der Waals surface area contributed by atoms with Crippen LogP contribution in [0.2, 0.25) is 0 Å². The van der Waals surface area contributed by atoms with Gasteiger partial charge in [-0.3, -0.25) is 4.57 Å². The van der Waals surface area contributed by atoms with Crippen molar-refractivity contribution in [1.82, 2.24) is 0 Å². The largest absolute Gasteiger partial charge is 0.334 e. The van der Waals surface area contributed by atoms with Gasteiger partial charge >= 0.3 is 7.60 Å². The molecule has 2 rings (SSSR count). The fourth-order valence-electron chi connectivity index (χ4n) is 2.57. The van der Waals surface area contributed by atoms with Crippen molar-refractivity contribution in [1.29, 1.82) is 0 Å². The third kappa shape index (κ3) is 6.09. The normalized spacial score (nSPS) is 12.3. The zero-order valence-electron chi connectivity index (χ0n) is 14.4. The van der Waals surface area contributed by atoms with E-state index in [-0.39, 0.29) is 0 Å². The third-order valence-electron chi connectivity index (χ3n) is 3.49. The molecule has 128 valence electrons. The number of allylic oxidation sites excluding steroid dienone is 1. The molecule has 0 aliphatic heterocycles. The standard InChI is InChI=1S/C20H25O3P/c1-3-22-24(21,23-4-2)17-20(15-18-11-7-5-8-12-18)16-19-13-9-6-10-14-19/h5-15H,3-4,16-17H2,1-2H3. The molecule has 0 N–H and O–H groups in total. The molecule has 3 nitrogen and oxygen atoms in total. The lowest BCUT2D eigenvalue weighted by molar-refractivity contribution is 0.222. The Labute approximate surface area is 144 Å². The minimum absolute atomic E-state index is 0.304. The summed E-state index contributed by atoms with van der Waals surface area (Å²) in [7, 11) is -3.12. The number of rotatable bonds is 9. The van der Waals surface area contributed by atoms with Crippen molar-refractivity contribution in [3.8, 4) is 0 Å². The first-order chi connectivity index (χ1) is 11.6. The third-order valence-corrected chi connectivity index (χ3v) is 5.59. The fourth-order valence-corrected chi connectivity index (χ4v) is 4.31. The Balaban J connectivity index is 2.28. The lowest BCUT2D eigenvalue weighted by atomic mass is 10.0. The van der Waals surface area contributed by atoms with Crippen molar-refractivity contribution in [3.63, 3.8) is 0 Å². The molecule has 0 amide bonds. The Morgan fingerprint density at radius 2 is 1.46 bits per heavy atom. The van der Waals surface area contributed by atoms with E-state index in [4.69, 9.17) is 9.05 Å². The molecular formula is C20H25O3P. The number of benzene rings is 2. The van der Waals surface area contributed by atoms with Gasteiger partial charge < -0.3 is 9.05 Å². The van der Waals surface area contributed by atoms with E-state index in [0.717, 1.165) is 17.6 Å². The van der Waals surface area contributed by atoms with Crippen LogP contribution >= 0.6 is 7.60 Å². The molecule has 2 aromatic carbocycles. The van der Waals surface area contributed by atoms with E-state index in [0.29, 0.717) is 19.4 Å². The summed E-state index contributed by atoms with van der Waals surface area (Å²) in [5.74, 6) is 0. The highest BCUT2D eigenvalue weighted by atomic mass is 31.2.